The maximum atomic E-state index is 13.6. The molecule has 0 saturated carbocycles. The van der Waals surface area contributed by atoms with Crippen LogP contribution in [0.5, 0.6) is 0 Å². The maximum Gasteiger partial charge on any atom is 0.276 e. The van der Waals surface area contributed by atoms with Gasteiger partial charge in [0.25, 0.3) is 11.5 Å². The van der Waals surface area contributed by atoms with Crippen molar-refractivity contribution < 1.29 is 14.9 Å². The van der Waals surface area contributed by atoms with Crippen LogP contribution in [0.25, 0.3) is 28.5 Å². The van der Waals surface area contributed by atoms with Crippen LogP contribution in [0.3, 0.4) is 0 Å². The smallest absolute Gasteiger partial charge is 0.276 e. The van der Waals surface area contributed by atoms with Crippen LogP contribution in [0.2, 0.25) is 0 Å². The molecule has 1 amide bonds. The van der Waals surface area contributed by atoms with E-state index >= 15 is 0 Å². The highest BCUT2D eigenvalue weighted by Gasteiger charge is 2.33. The molecule has 0 spiro atoms. The van der Waals surface area contributed by atoms with Crippen molar-refractivity contribution in [2.24, 2.45) is 0 Å². The predicted octanol–water partition coefficient (Wildman–Crippen LogP) is 9.01. The second kappa shape index (κ2) is 16.1. The lowest BCUT2D eigenvalue weighted by Gasteiger charge is -2.26. The summed E-state index contributed by atoms with van der Waals surface area (Å²) in [7, 11) is 0. The average molecular weight is 766 g/mol. The lowest BCUT2D eigenvalue weighted by Crippen LogP contribution is -2.33. The molecule has 10 heteroatoms. The minimum atomic E-state index is -0.474. The van der Waals surface area contributed by atoms with E-state index in [9.17, 15) is 14.8 Å². The largest absolute Gasteiger partial charge is 0.322 e. The average Bonchev–Trinajstić information content (AvgIpc) is 3.68. The number of carbonyl (C=O) groups is 1. The molecule has 5 aromatic carbocycles. The quantitative estimate of drug-likeness (QED) is 0.0491. The summed E-state index contributed by atoms with van der Waals surface area (Å²) in [5.74, 6) is -0.619. The fraction of sp³-hybridized carbons (Fsp3) is 0.0682. The van der Waals surface area contributed by atoms with Crippen LogP contribution in [0.4, 0.5) is 17.1 Å². The van der Waals surface area contributed by atoms with Crippen molar-refractivity contribution in [3.8, 4) is 0 Å². The molecule has 0 atom stereocenters. The minimum absolute atomic E-state index is 0.281. The first-order valence-corrected chi connectivity index (χ1v) is 19.2. The fourth-order valence-electron chi connectivity index (χ4n) is 6.17. The van der Waals surface area contributed by atoms with E-state index in [0.717, 1.165) is 78.1 Å². The van der Waals surface area contributed by atoms with Gasteiger partial charge in [0.2, 0.25) is 5.88 Å². The molecule has 54 heavy (non-hydrogen) atoms. The Kier molecular flexibility index (Phi) is 10.9. The van der Waals surface area contributed by atoms with E-state index in [1.165, 1.54) is 4.90 Å². The van der Waals surface area contributed by atoms with Crippen LogP contribution >= 0.6 is 35.3 Å². The van der Waals surface area contributed by atoms with Crippen LogP contribution in [-0.4, -0.2) is 31.5 Å². The molecule has 7 rings (SSSR count). The van der Waals surface area contributed by atoms with Gasteiger partial charge in [-0.05, 0) is 96.8 Å². The first-order chi connectivity index (χ1) is 26.2. The number of benzene rings is 5. The van der Waals surface area contributed by atoms with Crippen LogP contribution < -0.4 is 19.7 Å². The third kappa shape index (κ3) is 7.50. The van der Waals surface area contributed by atoms with Crippen molar-refractivity contribution in [1.82, 2.24) is 9.47 Å². The van der Waals surface area contributed by atoms with Gasteiger partial charge < -0.3 is 9.79 Å². The molecule has 1 fully saturated rings. The molecule has 0 radical (unpaired) electrons. The number of carbonyl (C=O) groups excluding carboxylic acids is 1. The third-order valence-electron chi connectivity index (χ3n) is 8.91. The first-order valence-electron chi connectivity index (χ1n) is 17.2. The van der Waals surface area contributed by atoms with Crippen LogP contribution in [0.1, 0.15) is 34.7 Å². The van der Waals surface area contributed by atoms with E-state index in [-0.39, 0.29) is 16.7 Å². The van der Waals surface area contributed by atoms with Crippen molar-refractivity contribution in [3.05, 3.63) is 187 Å². The number of rotatable bonds is 10. The lowest BCUT2D eigenvalue weighted by atomic mass is 9.95. The van der Waals surface area contributed by atoms with Gasteiger partial charge in [0, 0.05) is 23.6 Å². The van der Waals surface area contributed by atoms with Gasteiger partial charge in [-0.15, -0.1) is 11.3 Å². The minimum Gasteiger partial charge on any atom is -0.322 e. The Balaban J connectivity index is 1.26. The molecule has 1 aliphatic heterocycles. The van der Waals surface area contributed by atoms with Gasteiger partial charge in [0.15, 0.2) is 0 Å². The highest BCUT2D eigenvalue weighted by molar-refractivity contribution is 8.30. The first kappa shape index (κ1) is 36.6. The van der Waals surface area contributed by atoms with E-state index in [0.29, 0.717) is 20.1 Å². The van der Waals surface area contributed by atoms with Gasteiger partial charge in [-0.2, -0.15) is 0 Å². The molecule has 1 aromatic heterocycles. The number of anilines is 3. The van der Waals surface area contributed by atoms with Crippen molar-refractivity contribution in [1.29, 1.82) is 0 Å². The van der Waals surface area contributed by atoms with E-state index in [1.54, 1.807) is 6.08 Å². The summed E-state index contributed by atoms with van der Waals surface area (Å²) in [5.41, 5.74) is 8.87. The zero-order valence-corrected chi connectivity index (χ0v) is 32.0. The highest BCUT2D eigenvalue weighted by atomic mass is 32.2. The number of thiazole rings is 1. The lowest BCUT2D eigenvalue weighted by molar-refractivity contribution is -0.176. The number of hydrogen-bond acceptors (Lipinski definition) is 8. The van der Waals surface area contributed by atoms with Crippen LogP contribution in [-0.2, 0) is 9.68 Å². The van der Waals surface area contributed by atoms with Gasteiger partial charge >= 0.3 is 0 Å². The molecule has 0 aliphatic carbocycles. The van der Waals surface area contributed by atoms with E-state index in [2.05, 4.69) is 126 Å². The van der Waals surface area contributed by atoms with E-state index in [1.807, 2.05) is 43.3 Å². The number of thiocarbonyl (C=S) groups is 1. The monoisotopic (exact) mass is 765 g/mol. The summed E-state index contributed by atoms with van der Waals surface area (Å²) < 4.78 is 2.13. The predicted molar refractivity (Wildman–Crippen MR) is 227 cm³/mol. The molecule has 6 aromatic rings. The normalized spacial score (nSPS) is 14.0. The maximum absolute atomic E-state index is 13.6. The van der Waals surface area contributed by atoms with Crippen molar-refractivity contribution in [2.75, 3.05) is 11.4 Å². The Bertz CT molecular complexity index is 2520. The molecule has 0 unspecified atom stereocenters. The topological polar surface area (TPSA) is 75.0 Å². The molecule has 0 bridgehead atoms. The Morgan fingerprint density at radius 1 is 0.796 bits per heavy atom. The second-order valence-electron chi connectivity index (χ2n) is 12.4. The van der Waals surface area contributed by atoms with Crippen LogP contribution in [0.15, 0.2) is 145 Å². The highest BCUT2D eigenvalue weighted by Crippen LogP contribution is 2.36. The zero-order valence-electron chi connectivity index (χ0n) is 29.5. The summed E-state index contributed by atoms with van der Waals surface area (Å²) in [4.78, 5) is 35.1. The number of aromatic nitrogens is 1. The third-order valence-corrected chi connectivity index (χ3v) is 11.6. The molecular weight excluding hydrogens is 731 g/mol. The zero-order chi connectivity index (χ0) is 37.8. The van der Waals surface area contributed by atoms with Gasteiger partial charge in [-0.3, -0.25) is 14.5 Å². The van der Waals surface area contributed by atoms with Gasteiger partial charge in [0.1, 0.15) is 13.9 Å². The Morgan fingerprint density at radius 2 is 1.31 bits per heavy atom. The second-order valence-corrected chi connectivity index (χ2v) is 15.1. The standard InChI is InChI=1S/C44H35N3O4S3/c1-4-45-42(49)40(54-44(45)52)43-46(30(3)51-50)41(48)39(53-43)28-32-19-25-37(26-20-32)47(35-21-15-29(2)16-22-35)36-23-17-31(18-24-36)27-38(33-11-7-5-8-12-33)34-13-9-6-10-14-34/h5-28,50H,3-4H2,1-2H3/b39-28-,43-40+. The number of amides is 1. The number of nitrogens with zero attached hydrogens (tertiary/aromatic N) is 3. The van der Waals surface area contributed by atoms with Crippen molar-refractivity contribution >= 4 is 91.1 Å². The Hall–Kier alpha value is -5.78. The summed E-state index contributed by atoms with van der Waals surface area (Å²) in [6, 6.07) is 45.6. The molecule has 1 N–H and O–H groups in total. The Labute approximate surface area is 326 Å². The van der Waals surface area contributed by atoms with Crippen LogP contribution in [0, 0.1) is 6.92 Å². The molecule has 1 saturated heterocycles. The van der Waals surface area contributed by atoms with E-state index < -0.39 is 5.56 Å². The SMILES string of the molecule is C=C(OO)n1c(=O)/c(=C/c2ccc(N(c3ccc(C)cc3)c3ccc(C=C(c4ccccc4)c4ccccc4)cc3)cc2)s/c1=C1/SC(=S)N(CC)C1=O. The number of thioether (sulfide) groups is 1. The van der Waals surface area contributed by atoms with E-state index in [4.69, 9.17) is 12.2 Å². The van der Waals surface area contributed by atoms with Gasteiger partial charge in [-0.1, -0.05) is 127 Å². The molecular formula is C44H35N3O4S3. The summed E-state index contributed by atoms with van der Waals surface area (Å²) in [6.45, 7) is 7.97. The summed E-state index contributed by atoms with van der Waals surface area (Å²) in [5, 5.41) is 9.42. The number of hydrogen-bond donors (Lipinski definition) is 1. The molecule has 2 heterocycles. The summed E-state index contributed by atoms with van der Waals surface area (Å²) in [6.07, 6.45) is 3.96. The molecule has 7 nitrogen and oxygen atoms in total. The molecule has 1 aliphatic rings. The Morgan fingerprint density at radius 3 is 1.81 bits per heavy atom. The number of aryl methyl sites for hydroxylation is 1. The van der Waals surface area contributed by atoms with Gasteiger partial charge in [0.05, 0.1) is 4.53 Å². The fourth-order valence-corrected chi connectivity index (χ4v) is 8.79. The van der Waals surface area contributed by atoms with Crippen molar-refractivity contribution in [3.63, 3.8) is 0 Å². The molecule has 268 valence electrons. The van der Waals surface area contributed by atoms with Crippen molar-refractivity contribution in [2.45, 2.75) is 13.8 Å². The summed E-state index contributed by atoms with van der Waals surface area (Å²) >= 11 is 7.61. The van der Waals surface area contributed by atoms with Gasteiger partial charge in [-0.25, -0.2) is 9.82 Å².